The summed E-state index contributed by atoms with van der Waals surface area (Å²) < 4.78 is 21.9. The van der Waals surface area contributed by atoms with Gasteiger partial charge in [0.1, 0.15) is 9.84 Å². The van der Waals surface area contributed by atoms with Crippen LogP contribution in [0.1, 0.15) is 5.56 Å². The van der Waals surface area contributed by atoms with Crippen molar-refractivity contribution in [3.05, 3.63) is 23.8 Å². The molecule has 6 heteroatoms. The summed E-state index contributed by atoms with van der Waals surface area (Å²) in [6.45, 7) is 0. The Labute approximate surface area is 99.4 Å². The molecule has 0 aliphatic heterocycles. The van der Waals surface area contributed by atoms with Crippen LogP contribution in [0.2, 0.25) is 0 Å². The van der Waals surface area contributed by atoms with Gasteiger partial charge in [-0.1, -0.05) is 0 Å². The molecule has 0 atom stereocenters. The molecule has 0 spiro atoms. The fraction of sp³-hybridized carbons (Fsp3) is 0.300. The molecule has 0 amide bonds. The van der Waals surface area contributed by atoms with Gasteiger partial charge in [-0.15, -0.1) is 11.8 Å². The summed E-state index contributed by atoms with van der Waals surface area (Å²) in [7, 11) is -2.95. The SMILES string of the molecule is CS(=O)(=O)CCSc1cc(C#N)ccc1N. The maximum Gasteiger partial charge on any atom is 0.148 e. The van der Waals surface area contributed by atoms with E-state index in [0.717, 1.165) is 4.90 Å². The lowest BCUT2D eigenvalue weighted by atomic mass is 10.2. The molecule has 0 radical (unpaired) electrons. The average Bonchev–Trinajstić information content (AvgIpc) is 2.19. The number of nitrogens with two attached hydrogens (primary N) is 1. The molecule has 1 rings (SSSR count). The van der Waals surface area contributed by atoms with Crippen molar-refractivity contribution in [3.8, 4) is 6.07 Å². The van der Waals surface area contributed by atoms with E-state index in [1.165, 1.54) is 18.0 Å². The Kier molecular flexibility index (Phi) is 4.21. The van der Waals surface area contributed by atoms with Gasteiger partial charge in [0, 0.05) is 22.6 Å². The minimum absolute atomic E-state index is 0.105. The summed E-state index contributed by atoms with van der Waals surface area (Å²) in [5, 5.41) is 8.71. The number of hydrogen-bond acceptors (Lipinski definition) is 5. The Hall–Kier alpha value is -1.19. The van der Waals surface area contributed by atoms with Crippen LogP contribution in [0, 0.1) is 11.3 Å². The molecule has 0 aromatic heterocycles. The van der Waals surface area contributed by atoms with Crippen LogP contribution in [0.25, 0.3) is 0 Å². The van der Waals surface area contributed by atoms with Crippen LogP contribution < -0.4 is 5.73 Å². The summed E-state index contributed by atoms with van der Waals surface area (Å²) in [5.41, 5.74) is 6.81. The summed E-state index contributed by atoms with van der Waals surface area (Å²) in [6.07, 6.45) is 1.20. The molecule has 0 aliphatic carbocycles. The summed E-state index contributed by atoms with van der Waals surface area (Å²) in [4.78, 5) is 0.753. The van der Waals surface area contributed by atoms with E-state index in [4.69, 9.17) is 11.0 Å². The van der Waals surface area contributed by atoms with E-state index in [9.17, 15) is 8.42 Å². The molecule has 2 N–H and O–H groups in total. The molecule has 0 fully saturated rings. The number of hydrogen-bond donors (Lipinski definition) is 1. The number of nitriles is 1. The molecule has 4 nitrogen and oxygen atoms in total. The first-order chi connectivity index (χ1) is 7.42. The standard InChI is InChI=1S/C10H12N2O2S2/c1-16(13,14)5-4-15-10-6-8(7-11)2-3-9(10)12/h2-3,6H,4-5,12H2,1H3. The molecular weight excluding hydrogens is 244 g/mol. The normalized spacial score (nSPS) is 11.0. The molecule has 0 saturated carbocycles. The number of anilines is 1. The van der Waals surface area contributed by atoms with Crippen LogP contribution in [0.4, 0.5) is 5.69 Å². The topological polar surface area (TPSA) is 84.0 Å². The Bertz CT molecular complexity index is 518. The van der Waals surface area contributed by atoms with Crippen molar-refractivity contribution in [2.45, 2.75) is 4.90 Å². The van der Waals surface area contributed by atoms with E-state index in [2.05, 4.69) is 0 Å². The number of thioether (sulfide) groups is 1. The lowest BCUT2D eigenvalue weighted by Crippen LogP contribution is -2.05. The Morgan fingerprint density at radius 3 is 2.75 bits per heavy atom. The zero-order valence-electron chi connectivity index (χ0n) is 8.80. The lowest BCUT2D eigenvalue weighted by Gasteiger charge is -2.04. The van der Waals surface area contributed by atoms with Crippen molar-refractivity contribution >= 4 is 27.3 Å². The molecule has 0 unspecified atom stereocenters. The van der Waals surface area contributed by atoms with Crippen LogP contribution in [0.5, 0.6) is 0 Å². The number of nitrogens with zero attached hydrogens (tertiary/aromatic N) is 1. The van der Waals surface area contributed by atoms with Crippen LogP contribution in [-0.2, 0) is 9.84 Å². The fourth-order valence-electron chi connectivity index (χ4n) is 1.03. The highest BCUT2D eigenvalue weighted by atomic mass is 32.2. The largest absolute Gasteiger partial charge is 0.398 e. The molecule has 0 heterocycles. The zero-order valence-corrected chi connectivity index (χ0v) is 10.4. The third kappa shape index (κ3) is 4.13. The molecule has 0 bridgehead atoms. The number of nitrogen functional groups attached to an aromatic ring is 1. The zero-order chi connectivity index (χ0) is 12.2. The van der Waals surface area contributed by atoms with Crippen molar-refractivity contribution in [1.82, 2.24) is 0 Å². The first-order valence-corrected chi connectivity index (χ1v) is 7.57. The van der Waals surface area contributed by atoms with E-state index in [1.807, 2.05) is 6.07 Å². The summed E-state index contributed by atoms with van der Waals surface area (Å²) >= 11 is 1.35. The quantitative estimate of drug-likeness (QED) is 0.648. The van der Waals surface area contributed by atoms with E-state index in [-0.39, 0.29) is 5.75 Å². The highest BCUT2D eigenvalue weighted by molar-refractivity contribution is 8.00. The van der Waals surface area contributed by atoms with E-state index in [1.54, 1.807) is 18.2 Å². The second kappa shape index (κ2) is 5.23. The van der Waals surface area contributed by atoms with Crippen molar-refractivity contribution in [2.75, 3.05) is 23.5 Å². The number of benzene rings is 1. The molecule has 86 valence electrons. The third-order valence-corrected chi connectivity index (χ3v) is 4.13. The van der Waals surface area contributed by atoms with Crippen molar-refractivity contribution < 1.29 is 8.42 Å². The second-order valence-corrected chi connectivity index (χ2v) is 6.74. The van der Waals surface area contributed by atoms with Gasteiger partial charge in [-0.2, -0.15) is 5.26 Å². The van der Waals surface area contributed by atoms with Gasteiger partial charge in [0.25, 0.3) is 0 Å². The van der Waals surface area contributed by atoms with Crippen LogP contribution in [0.3, 0.4) is 0 Å². The van der Waals surface area contributed by atoms with Crippen molar-refractivity contribution in [3.63, 3.8) is 0 Å². The Morgan fingerprint density at radius 2 is 2.19 bits per heavy atom. The number of rotatable bonds is 4. The predicted octanol–water partition coefficient (Wildman–Crippen LogP) is 1.28. The first kappa shape index (κ1) is 12.9. The van der Waals surface area contributed by atoms with Crippen LogP contribution >= 0.6 is 11.8 Å². The molecule has 1 aromatic rings. The average molecular weight is 256 g/mol. The monoisotopic (exact) mass is 256 g/mol. The maximum atomic E-state index is 10.9. The minimum atomic E-state index is -2.95. The maximum absolute atomic E-state index is 10.9. The van der Waals surface area contributed by atoms with Crippen molar-refractivity contribution in [2.24, 2.45) is 0 Å². The van der Waals surface area contributed by atoms with Gasteiger partial charge in [0.15, 0.2) is 0 Å². The third-order valence-electron chi connectivity index (χ3n) is 1.85. The molecule has 0 saturated heterocycles. The van der Waals surface area contributed by atoms with Gasteiger partial charge in [-0.3, -0.25) is 0 Å². The van der Waals surface area contributed by atoms with Crippen molar-refractivity contribution in [1.29, 1.82) is 5.26 Å². The van der Waals surface area contributed by atoms with Gasteiger partial charge in [-0.25, -0.2) is 8.42 Å². The predicted molar refractivity (Wildman–Crippen MR) is 66.0 cm³/mol. The minimum Gasteiger partial charge on any atom is -0.398 e. The Morgan fingerprint density at radius 1 is 1.50 bits per heavy atom. The molecule has 16 heavy (non-hydrogen) atoms. The van der Waals surface area contributed by atoms with E-state index in [0.29, 0.717) is 17.0 Å². The van der Waals surface area contributed by atoms with E-state index < -0.39 is 9.84 Å². The van der Waals surface area contributed by atoms with Gasteiger partial charge < -0.3 is 5.73 Å². The van der Waals surface area contributed by atoms with Gasteiger partial charge in [0.2, 0.25) is 0 Å². The highest BCUT2D eigenvalue weighted by Gasteiger charge is 2.05. The first-order valence-electron chi connectivity index (χ1n) is 4.52. The van der Waals surface area contributed by atoms with Gasteiger partial charge >= 0.3 is 0 Å². The lowest BCUT2D eigenvalue weighted by molar-refractivity contribution is 0.603. The van der Waals surface area contributed by atoms with Gasteiger partial charge in [-0.05, 0) is 18.2 Å². The molecular formula is C10H12N2O2S2. The number of sulfone groups is 1. The Balaban J connectivity index is 2.71. The summed E-state index contributed by atoms with van der Waals surface area (Å²) in [5.74, 6) is 0.547. The molecule has 1 aromatic carbocycles. The van der Waals surface area contributed by atoms with Gasteiger partial charge in [0.05, 0.1) is 17.4 Å². The fourth-order valence-corrected chi connectivity index (χ4v) is 3.24. The van der Waals surface area contributed by atoms with E-state index >= 15 is 0 Å². The second-order valence-electron chi connectivity index (χ2n) is 3.34. The van der Waals surface area contributed by atoms with Crippen LogP contribution in [-0.4, -0.2) is 26.2 Å². The molecule has 0 aliphatic rings. The smallest absolute Gasteiger partial charge is 0.148 e. The van der Waals surface area contributed by atoms with Crippen LogP contribution in [0.15, 0.2) is 23.1 Å². The summed E-state index contributed by atoms with van der Waals surface area (Å²) in [6, 6.07) is 6.97. The highest BCUT2D eigenvalue weighted by Crippen LogP contribution is 2.25.